The van der Waals surface area contributed by atoms with Gasteiger partial charge in [0, 0.05) is 23.4 Å². The van der Waals surface area contributed by atoms with E-state index in [4.69, 9.17) is 5.73 Å². The van der Waals surface area contributed by atoms with E-state index in [1.165, 1.54) is 12.8 Å². The Hall–Kier alpha value is -1.62. The Morgan fingerprint density at radius 2 is 2.11 bits per heavy atom. The normalized spacial score (nSPS) is 22.5. The largest absolute Gasteiger partial charge is 0.382 e. The number of anilines is 1. The smallest absolute Gasteiger partial charge is 0.272 e. The number of nitrogens with two attached hydrogens (primary N) is 1. The number of nitrogens with zero attached hydrogens (tertiary/aromatic N) is 1. The quantitative estimate of drug-likeness (QED) is 0.646. The van der Waals surface area contributed by atoms with Crippen molar-refractivity contribution >= 4 is 11.4 Å². The van der Waals surface area contributed by atoms with E-state index in [1.807, 2.05) is 13.0 Å². The molecule has 2 atom stereocenters. The first-order valence-electron chi connectivity index (χ1n) is 6.75. The molecule has 2 unspecified atom stereocenters. The van der Waals surface area contributed by atoms with Gasteiger partial charge in [-0.05, 0) is 50.8 Å². The van der Waals surface area contributed by atoms with Crippen LogP contribution in [0.5, 0.6) is 0 Å². The summed E-state index contributed by atoms with van der Waals surface area (Å²) in [6, 6.07) is 3.91. The summed E-state index contributed by atoms with van der Waals surface area (Å²) in [6.45, 7) is 4.38. The number of nitrogens with one attached hydrogen (secondary N) is 1. The van der Waals surface area contributed by atoms with Crippen LogP contribution in [0.1, 0.15) is 30.4 Å². The zero-order valence-electron chi connectivity index (χ0n) is 11.5. The van der Waals surface area contributed by atoms with Crippen molar-refractivity contribution in [3.63, 3.8) is 0 Å². The molecule has 1 fully saturated rings. The molecule has 1 aliphatic carbocycles. The fraction of sp³-hybridized carbons (Fsp3) is 0.571. The van der Waals surface area contributed by atoms with Crippen LogP contribution in [0.15, 0.2) is 12.1 Å². The maximum Gasteiger partial charge on any atom is 0.272 e. The van der Waals surface area contributed by atoms with Crippen molar-refractivity contribution in [2.45, 2.75) is 39.2 Å². The first-order chi connectivity index (χ1) is 9.02. The highest BCUT2D eigenvalue weighted by atomic mass is 16.6. The Morgan fingerprint density at radius 3 is 2.74 bits per heavy atom. The fourth-order valence-electron chi connectivity index (χ4n) is 2.86. The molecule has 5 heteroatoms. The Morgan fingerprint density at radius 1 is 1.37 bits per heavy atom. The summed E-state index contributed by atoms with van der Waals surface area (Å²) in [4.78, 5) is 10.6. The lowest BCUT2D eigenvalue weighted by Crippen LogP contribution is -2.29. The molecule has 5 nitrogen and oxygen atoms in total. The minimum atomic E-state index is -0.329. The fourth-order valence-corrected chi connectivity index (χ4v) is 2.86. The van der Waals surface area contributed by atoms with Crippen LogP contribution in [0.2, 0.25) is 0 Å². The first-order valence-corrected chi connectivity index (χ1v) is 6.75. The SMILES string of the molecule is Cc1cc([N+](=O)[O-])c(C)cc1NC1CCCC1CN. The molecule has 1 saturated carbocycles. The third kappa shape index (κ3) is 2.87. The topological polar surface area (TPSA) is 81.2 Å². The molecule has 1 aromatic rings. The van der Waals surface area contributed by atoms with Crippen molar-refractivity contribution < 1.29 is 4.92 Å². The lowest BCUT2D eigenvalue weighted by Gasteiger charge is -2.22. The van der Waals surface area contributed by atoms with Gasteiger partial charge in [-0.25, -0.2) is 0 Å². The second kappa shape index (κ2) is 5.57. The lowest BCUT2D eigenvalue weighted by atomic mass is 10.0. The maximum atomic E-state index is 10.9. The van der Waals surface area contributed by atoms with Gasteiger partial charge in [0.15, 0.2) is 0 Å². The van der Waals surface area contributed by atoms with Crippen LogP contribution >= 0.6 is 0 Å². The van der Waals surface area contributed by atoms with Crippen LogP contribution in [-0.4, -0.2) is 17.5 Å². The molecule has 1 aliphatic rings. The summed E-state index contributed by atoms with van der Waals surface area (Å²) in [6.07, 6.45) is 3.49. The average molecular weight is 263 g/mol. The Labute approximate surface area is 113 Å². The Balaban J connectivity index is 2.21. The summed E-state index contributed by atoms with van der Waals surface area (Å²) in [5, 5.41) is 14.4. The van der Waals surface area contributed by atoms with Crippen LogP contribution in [0.25, 0.3) is 0 Å². The predicted molar refractivity (Wildman–Crippen MR) is 76.4 cm³/mol. The lowest BCUT2D eigenvalue weighted by molar-refractivity contribution is -0.385. The maximum absolute atomic E-state index is 10.9. The van der Waals surface area contributed by atoms with Gasteiger partial charge >= 0.3 is 0 Å². The number of nitro benzene ring substituents is 1. The number of aryl methyl sites for hydroxylation is 2. The zero-order chi connectivity index (χ0) is 14.0. The van der Waals surface area contributed by atoms with Gasteiger partial charge in [-0.15, -0.1) is 0 Å². The molecule has 19 heavy (non-hydrogen) atoms. The highest BCUT2D eigenvalue weighted by molar-refractivity contribution is 5.59. The zero-order valence-corrected chi connectivity index (χ0v) is 11.5. The summed E-state index contributed by atoms with van der Waals surface area (Å²) in [5.74, 6) is 0.509. The molecule has 2 rings (SSSR count). The Bertz CT molecular complexity index is 488. The standard InChI is InChI=1S/C14H21N3O2/c1-9-7-14(17(18)19)10(2)6-13(9)16-12-5-3-4-11(12)8-15/h6-7,11-12,16H,3-5,8,15H2,1-2H3. The predicted octanol–water partition coefficient (Wildman–Crippen LogP) is 2.75. The van der Waals surface area contributed by atoms with Gasteiger partial charge in [0.25, 0.3) is 5.69 Å². The van der Waals surface area contributed by atoms with E-state index in [0.29, 0.717) is 24.1 Å². The molecule has 0 saturated heterocycles. The molecule has 0 amide bonds. The molecule has 3 N–H and O–H groups in total. The first kappa shape index (κ1) is 13.8. The number of hydrogen-bond donors (Lipinski definition) is 2. The molecule has 1 aromatic carbocycles. The minimum absolute atomic E-state index is 0.185. The number of benzene rings is 1. The van der Waals surface area contributed by atoms with Gasteiger partial charge in [0.05, 0.1) is 4.92 Å². The average Bonchev–Trinajstić information content (AvgIpc) is 2.80. The van der Waals surface area contributed by atoms with Crippen LogP contribution in [0.3, 0.4) is 0 Å². The molecular weight excluding hydrogens is 242 g/mol. The molecule has 0 aromatic heterocycles. The van der Waals surface area contributed by atoms with Gasteiger partial charge in [0.2, 0.25) is 0 Å². The highest BCUT2D eigenvalue weighted by Gasteiger charge is 2.26. The Kier molecular flexibility index (Phi) is 4.04. The third-order valence-electron chi connectivity index (χ3n) is 4.04. The van der Waals surface area contributed by atoms with Crippen LogP contribution in [-0.2, 0) is 0 Å². The van der Waals surface area contributed by atoms with Crippen molar-refractivity contribution in [3.8, 4) is 0 Å². The van der Waals surface area contributed by atoms with Crippen LogP contribution in [0, 0.1) is 29.9 Å². The van der Waals surface area contributed by atoms with Crippen molar-refractivity contribution in [3.05, 3.63) is 33.4 Å². The van der Waals surface area contributed by atoms with Gasteiger partial charge < -0.3 is 11.1 Å². The van der Waals surface area contributed by atoms with Gasteiger partial charge in [-0.2, -0.15) is 0 Å². The summed E-state index contributed by atoms with van der Waals surface area (Å²) in [7, 11) is 0. The molecule has 0 spiro atoms. The van der Waals surface area contributed by atoms with E-state index in [9.17, 15) is 10.1 Å². The molecule has 0 bridgehead atoms. The minimum Gasteiger partial charge on any atom is -0.382 e. The molecule has 0 aliphatic heterocycles. The number of nitro groups is 1. The van der Waals surface area contributed by atoms with Crippen LogP contribution in [0.4, 0.5) is 11.4 Å². The van der Waals surface area contributed by atoms with E-state index in [2.05, 4.69) is 5.32 Å². The number of rotatable bonds is 4. The van der Waals surface area contributed by atoms with Gasteiger partial charge in [-0.3, -0.25) is 10.1 Å². The molecule has 104 valence electrons. The summed E-state index contributed by atoms with van der Waals surface area (Å²) >= 11 is 0. The van der Waals surface area contributed by atoms with Crippen molar-refractivity contribution in [1.29, 1.82) is 0 Å². The summed E-state index contributed by atoms with van der Waals surface area (Å²) < 4.78 is 0. The molecular formula is C14H21N3O2. The molecule has 0 radical (unpaired) electrons. The van der Waals surface area contributed by atoms with Crippen molar-refractivity contribution in [2.75, 3.05) is 11.9 Å². The van der Waals surface area contributed by atoms with E-state index < -0.39 is 0 Å². The van der Waals surface area contributed by atoms with E-state index >= 15 is 0 Å². The van der Waals surface area contributed by atoms with E-state index in [1.54, 1.807) is 13.0 Å². The second-order valence-corrected chi connectivity index (χ2v) is 5.39. The van der Waals surface area contributed by atoms with Crippen LogP contribution < -0.4 is 11.1 Å². The van der Waals surface area contributed by atoms with Crippen molar-refractivity contribution in [2.24, 2.45) is 11.7 Å². The monoisotopic (exact) mass is 263 g/mol. The van der Waals surface area contributed by atoms with E-state index in [0.717, 1.165) is 17.7 Å². The molecule has 0 heterocycles. The van der Waals surface area contributed by atoms with E-state index in [-0.39, 0.29) is 10.6 Å². The highest BCUT2D eigenvalue weighted by Crippen LogP contribution is 2.31. The third-order valence-corrected chi connectivity index (χ3v) is 4.04. The van der Waals surface area contributed by atoms with Gasteiger partial charge in [0.1, 0.15) is 0 Å². The van der Waals surface area contributed by atoms with Gasteiger partial charge in [-0.1, -0.05) is 6.42 Å². The number of hydrogen-bond acceptors (Lipinski definition) is 4. The van der Waals surface area contributed by atoms with Crippen molar-refractivity contribution in [1.82, 2.24) is 0 Å². The second-order valence-electron chi connectivity index (χ2n) is 5.39. The summed E-state index contributed by atoms with van der Waals surface area (Å²) in [5.41, 5.74) is 8.57.